The van der Waals surface area contributed by atoms with Gasteiger partial charge in [-0.2, -0.15) is 18.3 Å². The van der Waals surface area contributed by atoms with Crippen LogP contribution in [-0.4, -0.2) is 31.0 Å². The molecule has 0 spiro atoms. The van der Waals surface area contributed by atoms with Crippen molar-refractivity contribution in [3.05, 3.63) is 41.7 Å². The zero-order chi connectivity index (χ0) is 23.0. The summed E-state index contributed by atoms with van der Waals surface area (Å²) in [6.45, 7) is 3.21. The smallest absolute Gasteiger partial charge is 0.312 e. The van der Waals surface area contributed by atoms with Crippen LogP contribution in [0.3, 0.4) is 0 Å². The number of anilines is 1. The Labute approximate surface area is 179 Å². The van der Waals surface area contributed by atoms with Crippen molar-refractivity contribution in [3.8, 4) is 11.3 Å². The van der Waals surface area contributed by atoms with Crippen LogP contribution < -0.4 is 5.32 Å². The molecule has 0 radical (unpaired) electrons. The van der Waals surface area contributed by atoms with Gasteiger partial charge in [0.15, 0.2) is 11.5 Å². The van der Waals surface area contributed by atoms with E-state index in [1.807, 2.05) is 0 Å². The van der Waals surface area contributed by atoms with Gasteiger partial charge in [-0.3, -0.25) is 14.9 Å². The number of hydrogen-bond acceptors (Lipinski definition) is 4. The first-order valence-electron chi connectivity index (χ1n) is 10.0. The molecule has 0 bridgehead atoms. The number of H-pyrrole nitrogens is 1. The van der Waals surface area contributed by atoms with Gasteiger partial charge in [0.25, 0.3) is 0 Å². The molecule has 7 nitrogen and oxygen atoms in total. The molecule has 1 aliphatic rings. The summed E-state index contributed by atoms with van der Waals surface area (Å²) in [6.07, 6.45) is 5.14. The van der Waals surface area contributed by atoms with Crippen molar-refractivity contribution in [2.75, 3.05) is 5.32 Å². The summed E-state index contributed by atoms with van der Waals surface area (Å²) in [5, 5.41) is 8.90. The minimum Gasteiger partial charge on any atom is -0.312 e. The van der Waals surface area contributed by atoms with Gasteiger partial charge in [0.05, 0.1) is 29.8 Å². The molecule has 5 rings (SSSR count). The Morgan fingerprint density at radius 2 is 1.91 bits per heavy atom. The van der Waals surface area contributed by atoms with Crippen LogP contribution in [0.4, 0.5) is 23.4 Å². The van der Waals surface area contributed by atoms with Gasteiger partial charge in [0, 0.05) is 22.7 Å². The number of carbonyl (C=O) groups is 1. The largest absolute Gasteiger partial charge is 0.419 e. The monoisotopic (exact) mass is 448 g/mol. The number of imidazole rings is 1. The Kier molecular flexibility index (Phi) is 5.57. The highest BCUT2D eigenvalue weighted by Gasteiger charge is 2.41. The second-order valence-electron chi connectivity index (χ2n) is 7.78. The molecule has 0 saturated heterocycles. The number of nitrogens with zero attached hydrogens (tertiary/aromatic N) is 4. The number of fused-ring (bicyclic) bond motifs is 2. The maximum absolute atomic E-state index is 15.1. The van der Waals surface area contributed by atoms with Crippen LogP contribution in [0.15, 0.2) is 24.8 Å². The highest BCUT2D eigenvalue weighted by molar-refractivity contribution is 5.98. The maximum Gasteiger partial charge on any atom is 0.419 e. The Balaban J connectivity index is 0.000000754. The van der Waals surface area contributed by atoms with E-state index in [0.29, 0.717) is 12.1 Å². The number of benzene rings is 1. The fourth-order valence-electron chi connectivity index (χ4n) is 3.40. The van der Waals surface area contributed by atoms with E-state index in [1.165, 1.54) is 48.5 Å². The number of carbonyl (C=O) groups excluding carboxylic acids is 1. The second kappa shape index (κ2) is 8.21. The molecule has 1 fully saturated rings. The predicted molar refractivity (Wildman–Crippen MR) is 111 cm³/mol. The van der Waals surface area contributed by atoms with E-state index in [-0.39, 0.29) is 28.0 Å². The maximum atomic E-state index is 15.1. The molecule has 3 heterocycles. The quantitative estimate of drug-likeness (QED) is 0.328. The molecule has 0 atom stereocenters. The molecule has 1 aliphatic carbocycles. The number of nitrogens with one attached hydrogen (secondary N) is 2. The first kappa shape index (κ1) is 21.7. The molecule has 1 aromatic carbocycles. The molecule has 2 N–H and O–H groups in total. The Bertz CT molecular complexity index is 1290. The van der Waals surface area contributed by atoms with Crippen LogP contribution in [0.2, 0.25) is 0 Å². The van der Waals surface area contributed by atoms with Crippen molar-refractivity contribution in [1.82, 2.24) is 24.6 Å². The Morgan fingerprint density at radius 3 is 2.50 bits per heavy atom. The standard InChI is InChI=1S/C18H14F4N6O.C3H6/c1-8(2)13-16(19)15(18(20,21)22)14(9-3-25-27-17(9)13)10-5-28-6-11(24-7-29)26-12(28)4-23-10;1-2-3-1/h3-8H,1-2H3,(H,24,29)(H,25,27);1-3H2. The lowest BCUT2D eigenvalue weighted by molar-refractivity contribution is -0.139. The highest BCUT2D eigenvalue weighted by atomic mass is 19.4. The number of hydrogen-bond donors (Lipinski definition) is 2. The van der Waals surface area contributed by atoms with Gasteiger partial charge in [0.1, 0.15) is 11.4 Å². The van der Waals surface area contributed by atoms with Crippen molar-refractivity contribution >= 4 is 28.8 Å². The third-order valence-electron chi connectivity index (χ3n) is 4.90. The number of halogens is 4. The zero-order valence-electron chi connectivity index (χ0n) is 17.3. The normalized spacial score (nSPS) is 13.3. The van der Waals surface area contributed by atoms with Crippen molar-refractivity contribution in [2.45, 2.75) is 45.2 Å². The van der Waals surface area contributed by atoms with Crippen LogP contribution in [-0.2, 0) is 11.0 Å². The van der Waals surface area contributed by atoms with E-state index < -0.39 is 29.0 Å². The first-order valence-corrected chi connectivity index (χ1v) is 10.0. The molecule has 168 valence electrons. The summed E-state index contributed by atoms with van der Waals surface area (Å²) < 4.78 is 58.3. The molecule has 1 saturated carbocycles. The number of rotatable bonds is 4. The van der Waals surface area contributed by atoms with E-state index in [4.69, 9.17) is 0 Å². The van der Waals surface area contributed by atoms with E-state index in [1.54, 1.807) is 13.8 Å². The molecule has 11 heteroatoms. The number of amides is 1. The van der Waals surface area contributed by atoms with Gasteiger partial charge in [0.2, 0.25) is 6.41 Å². The van der Waals surface area contributed by atoms with Crippen LogP contribution in [0.5, 0.6) is 0 Å². The molecule has 0 unspecified atom stereocenters. The minimum atomic E-state index is -4.95. The Hall–Kier alpha value is -3.50. The average Bonchev–Trinajstić information content (AvgIpc) is 3.42. The topological polar surface area (TPSA) is 88.0 Å². The predicted octanol–water partition coefficient (Wildman–Crippen LogP) is 5.29. The van der Waals surface area contributed by atoms with Crippen LogP contribution >= 0.6 is 0 Å². The third kappa shape index (κ3) is 4.02. The molecule has 0 aliphatic heterocycles. The summed E-state index contributed by atoms with van der Waals surface area (Å²) in [7, 11) is 0. The SMILES string of the molecule is C1CC1.CC(C)c1c(F)c(C(F)(F)F)c(-c2cn3cc(NC=O)nc3cn2)c2cn[nH]c12. The number of alkyl halides is 3. The second-order valence-corrected chi connectivity index (χ2v) is 7.78. The summed E-state index contributed by atoms with van der Waals surface area (Å²) in [5.41, 5.74) is -1.52. The van der Waals surface area contributed by atoms with Gasteiger partial charge in [-0.1, -0.05) is 33.1 Å². The van der Waals surface area contributed by atoms with Gasteiger partial charge >= 0.3 is 6.18 Å². The molecule has 3 aromatic heterocycles. The van der Waals surface area contributed by atoms with E-state index in [9.17, 15) is 18.0 Å². The lowest BCUT2D eigenvalue weighted by atomic mass is 9.91. The third-order valence-corrected chi connectivity index (χ3v) is 4.90. The fourth-order valence-corrected chi connectivity index (χ4v) is 3.40. The van der Waals surface area contributed by atoms with E-state index >= 15 is 4.39 Å². The summed E-state index contributed by atoms with van der Waals surface area (Å²) >= 11 is 0. The number of aromatic amines is 1. The molecule has 32 heavy (non-hydrogen) atoms. The van der Waals surface area contributed by atoms with Crippen molar-refractivity contribution in [3.63, 3.8) is 0 Å². The van der Waals surface area contributed by atoms with Gasteiger partial charge in [-0.15, -0.1) is 0 Å². The first-order chi connectivity index (χ1) is 15.2. The van der Waals surface area contributed by atoms with Gasteiger partial charge < -0.3 is 9.72 Å². The summed E-state index contributed by atoms with van der Waals surface area (Å²) in [4.78, 5) is 18.7. The molecule has 1 amide bonds. The Morgan fingerprint density at radius 1 is 1.19 bits per heavy atom. The summed E-state index contributed by atoms with van der Waals surface area (Å²) in [5.74, 6) is -1.66. The molecular weight excluding hydrogens is 428 g/mol. The highest BCUT2D eigenvalue weighted by Crippen LogP contribution is 2.45. The van der Waals surface area contributed by atoms with Gasteiger partial charge in [-0.05, 0) is 5.92 Å². The average molecular weight is 448 g/mol. The lowest BCUT2D eigenvalue weighted by Gasteiger charge is -2.19. The summed E-state index contributed by atoms with van der Waals surface area (Å²) in [6, 6.07) is 0. The van der Waals surface area contributed by atoms with E-state index in [0.717, 1.165) is 0 Å². The van der Waals surface area contributed by atoms with Crippen LogP contribution in [0.25, 0.3) is 27.8 Å². The van der Waals surface area contributed by atoms with Crippen LogP contribution in [0.1, 0.15) is 50.2 Å². The van der Waals surface area contributed by atoms with Crippen molar-refractivity contribution in [1.29, 1.82) is 0 Å². The fraction of sp³-hybridized carbons (Fsp3) is 0.333. The van der Waals surface area contributed by atoms with Crippen molar-refractivity contribution < 1.29 is 22.4 Å². The lowest BCUT2D eigenvalue weighted by Crippen LogP contribution is -2.14. The van der Waals surface area contributed by atoms with Crippen molar-refractivity contribution in [2.24, 2.45) is 0 Å². The van der Waals surface area contributed by atoms with Crippen LogP contribution in [0, 0.1) is 5.82 Å². The molecule has 4 aromatic rings. The number of aromatic nitrogens is 5. The molecular formula is C21H20F4N6O. The van der Waals surface area contributed by atoms with Gasteiger partial charge in [-0.25, -0.2) is 9.37 Å². The minimum absolute atomic E-state index is 0.0882. The van der Waals surface area contributed by atoms with E-state index in [2.05, 4.69) is 25.5 Å². The zero-order valence-corrected chi connectivity index (χ0v) is 17.3.